The predicted octanol–water partition coefficient (Wildman–Crippen LogP) is 2.15. The first-order valence-corrected chi connectivity index (χ1v) is 3.93. The molecule has 1 saturated carbocycles. The van der Waals surface area contributed by atoms with E-state index in [4.69, 9.17) is 5.11 Å². The summed E-state index contributed by atoms with van der Waals surface area (Å²) in [6.45, 7) is 7.08. The molecule has 0 spiro atoms. The molecule has 0 unspecified atom stereocenters. The standard InChI is InChI=1S/C10H12O2/c1-3-8(7-5-6-7)9(4-2)10(11)12/h3-4,7H,1-2,5-6H2,(H,11,12)/b9-8-. The largest absolute Gasteiger partial charge is 0.478 e. The maximum Gasteiger partial charge on any atom is 0.335 e. The van der Waals surface area contributed by atoms with E-state index in [9.17, 15) is 4.79 Å². The summed E-state index contributed by atoms with van der Waals surface area (Å²) in [5, 5.41) is 8.77. The molecule has 0 amide bonds. The molecule has 1 rings (SSSR count). The molecule has 0 radical (unpaired) electrons. The zero-order chi connectivity index (χ0) is 9.14. The third kappa shape index (κ3) is 1.64. The summed E-state index contributed by atoms with van der Waals surface area (Å²) in [5.41, 5.74) is 1.13. The summed E-state index contributed by atoms with van der Waals surface area (Å²) in [7, 11) is 0. The van der Waals surface area contributed by atoms with Gasteiger partial charge >= 0.3 is 5.97 Å². The average Bonchev–Trinajstić information content (AvgIpc) is 2.81. The molecule has 1 aliphatic rings. The van der Waals surface area contributed by atoms with E-state index < -0.39 is 5.97 Å². The van der Waals surface area contributed by atoms with Gasteiger partial charge in [0.2, 0.25) is 0 Å². The molecule has 0 aliphatic heterocycles. The Bertz CT molecular complexity index is 257. The molecule has 1 N–H and O–H groups in total. The molecule has 2 heteroatoms. The molecule has 64 valence electrons. The Balaban J connectivity index is 3.00. The smallest absolute Gasteiger partial charge is 0.335 e. The van der Waals surface area contributed by atoms with E-state index in [2.05, 4.69) is 13.2 Å². The van der Waals surface area contributed by atoms with Crippen molar-refractivity contribution in [2.75, 3.05) is 0 Å². The maximum atomic E-state index is 10.7. The number of carboxylic acid groups (broad SMARTS) is 1. The Hall–Kier alpha value is -1.31. The van der Waals surface area contributed by atoms with Crippen LogP contribution in [0.1, 0.15) is 12.8 Å². The summed E-state index contributed by atoms with van der Waals surface area (Å²) in [5.74, 6) is -0.501. The molecule has 1 fully saturated rings. The van der Waals surface area contributed by atoms with Gasteiger partial charge in [0.25, 0.3) is 0 Å². The second kappa shape index (κ2) is 3.39. The van der Waals surface area contributed by atoms with Crippen LogP contribution in [0.3, 0.4) is 0 Å². The lowest BCUT2D eigenvalue weighted by Gasteiger charge is -2.01. The van der Waals surface area contributed by atoms with Crippen LogP contribution in [0.4, 0.5) is 0 Å². The van der Waals surface area contributed by atoms with Crippen molar-refractivity contribution in [2.45, 2.75) is 12.8 Å². The number of rotatable bonds is 4. The van der Waals surface area contributed by atoms with Crippen LogP contribution in [0.25, 0.3) is 0 Å². The SMILES string of the molecule is C=C/C(C(=O)O)=C(\C=C)C1CC1. The van der Waals surface area contributed by atoms with Crippen LogP contribution in [0, 0.1) is 5.92 Å². The summed E-state index contributed by atoms with van der Waals surface area (Å²) in [4.78, 5) is 10.7. The minimum absolute atomic E-state index is 0.299. The maximum absolute atomic E-state index is 10.7. The fraction of sp³-hybridized carbons (Fsp3) is 0.300. The molecule has 0 aromatic carbocycles. The number of carbonyl (C=O) groups is 1. The zero-order valence-corrected chi connectivity index (χ0v) is 6.92. The van der Waals surface area contributed by atoms with Crippen LogP contribution in [-0.2, 0) is 4.79 Å². The number of hydrogen-bond donors (Lipinski definition) is 1. The molecule has 12 heavy (non-hydrogen) atoms. The minimum atomic E-state index is -0.910. The van der Waals surface area contributed by atoms with Gasteiger partial charge in [0.15, 0.2) is 0 Å². The van der Waals surface area contributed by atoms with E-state index in [-0.39, 0.29) is 0 Å². The van der Waals surface area contributed by atoms with E-state index in [1.807, 2.05) is 0 Å². The second-order valence-corrected chi connectivity index (χ2v) is 2.86. The quantitative estimate of drug-likeness (QED) is 0.510. The Kier molecular flexibility index (Phi) is 2.48. The summed E-state index contributed by atoms with van der Waals surface area (Å²) < 4.78 is 0. The second-order valence-electron chi connectivity index (χ2n) is 2.86. The fourth-order valence-corrected chi connectivity index (χ4v) is 1.22. The molecular weight excluding hydrogens is 152 g/mol. The van der Waals surface area contributed by atoms with E-state index in [0.717, 1.165) is 18.4 Å². The monoisotopic (exact) mass is 164 g/mol. The van der Waals surface area contributed by atoms with Crippen molar-refractivity contribution in [2.24, 2.45) is 5.92 Å². The van der Waals surface area contributed by atoms with Gasteiger partial charge in [-0.05, 0) is 24.3 Å². The van der Waals surface area contributed by atoms with Crippen molar-refractivity contribution in [3.63, 3.8) is 0 Å². The average molecular weight is 164 g/mol. The number of hydrogen-bond acceptors (Lipinski definition) is 1. The Morgan fingerprint density at radius 2 is 1.92 bits per heavy atom. The van der Waals surface area contributed by atoms with Gasteiger partial charge in [0.05, 0.1) is 5.57 Å². The molecule has 0 bridgehead atoms. The van der Waals surface area contributed by atoms with Crippen LogP contribution in [0.15, 0.2) is 36.5 Å². The molecule has 1 aliphatic carbocycles. The molecule has 0 atom stereocenters. The predicted molar refractivity (Wildman–Crippen MR) is 47.8 cm³/mol. The molecule has 0 aromatic rings. The van der Waals surface area contributed by atoms with Crippen molar-refractivity contribution in [3.05, 3.63) is 36.5 Å². The lowest BCUT2D eigenvalue weighted by atomic mass is 10.0. The highest BCUT2D eigenvalue weighted by Gasteiger charge is 2.27. The highest BCUT2D eigenvalue weighted by molar-refractivity contribution is 5.91. The first-order chi connectivity index (χ1) is 5.70. The van der Waals surface area contributed by atoms with Crippen molar-refractivity contribution in [1.82, 2.24) is 0 Å². The highest BCUT2D eigenvalue weighted by atomic mass is 16.4. The summed E-state index contributed by atoms with van der Waals surface area (Å²) >= 11 is 0. The summed E-state index contributed by atoms with van der Waals surface area (Å²) in [6, 6.07) is 0. The zero-order valence-electron chi connectivity index (χ0n) is 6.92. The lowest BCUT2D eigenvalue weighted by Crippen LogP contribution is -2.02. The van der Waals surface area contributed by atoms with Gasteiger partial charge in [-0.25, -0.2) is 4.79 Å². The van der Waals surface area contributed by atoms with Gasteiger partial charge in [-0.1, -0.05) is 25.3 Å². The van der Waals surface area contributed by atoms with E-state index in [0.29, 0.717) is 11.5 Å². The minimum Gasteiger partial charge on any atom is -0.478 e. The van der Waals surface area contributed by atoms with Gasteiger partial charge in [-0.3, -0.25) is 0 Å². The topological polar surface area (TPSA) is 37.3 Å². The Labute approximate surface area is 71.9 Å². The first-order valence-electron chi connectivity index (χ1n) is 3.93. The van der Waals surface area contributed by atoms with Crippen molar-refractivity contribution < 1.29 is 9.90 Å². The Morgan fingerprint density at radius 1 is 1.33 bits per heavy atom. The number of aliphatic carboxylic acids is 1. The van der Waals surface area contributed by atoms with Gasteiger partial charge in [-0.2, -0.15) is 0 Å². The van der Waals surface area contributed by atoms with Crippen LogP contribution >= 0.6 is 0 Å². The van der Waals surface area contributed by atoms with Crippen LogP contribution in [0.5, 0.6) is 0 Å². The third-order valence-electron chi connectivity index (χ3n) is 1.98. The fourth-order valence-electron chi connectivity index (χ4n) is 1.22. The van der Waals surface area contributed by atoms with Gasteiger partial charge in [0.1, 0.15) is 0 Å². The lowest BCUT2D eigenvalue weighted by molar-refractivity contribution is -0.132. The van der Waals surface area contributed by atoms with Gasteiger partial charge in [-0.15, -0.1) is 0 Å². The molecule has 0 heterocycles. The number of allylic oxidation sites excluding steroid dienone is 2. The molecular formula is C10H12O2. The number of carboxylic acids is 1. The van der Waals surface area contributed by atoms with Gasteiger partial charge in [0, 0.05) is 0 Å². The third-order valence-corrected chi connectivity index (χ3v) is 1.98. The van der Waals surface area contributed by atoms with E-state index >= 15 is 0 Å². The van der Waals surface area contributed by atoms with Gasteiger partial charge < -0.3 is 5.11 Å². The molecule has 2 nitrogen and oxygen atoms in total. The van der Waals surface area contributed by atoms with Crippen LogP contribution in [0.2, 0.25) is 0 Å². The van der Waals surface area contributed by atoms with Crippen LogP contribution < -0.4 is 0 Å². The normalized spacial score (nSPS) is 18.0. The van der Waals surface area contributed by atoms with Crippen molar-refractivity contribution in [1.29, 1.82) is 0 Å². The van der Waals surface area contributed by atoms with Crippen molar-refractivity contribution in [3.8, 4) is 0 Å². The summed E-state index contributed by atoms with van der Waals surface area (Å²) in [6.07, 6.45) is 5.17. The Morgan fingerprint density at radius 3 is 2.17 bits per heavy atom. The first kappa shape index (κ1) is 8.78. The highest BCUT2D eigenvalue weighted by Crippen LogP contribution is 2.38. The van der Waals surface area contributed by atoms with E-state index in [1.165, 1.54) is 6.08 Å². The molecule has 0 aromatic heterocycles. The van der Waals surface area contributed by atoms with Crippen LogP contribution in [-0.4, -0.2) is 11.1 Å². The van der Waals surface area contributed by atoms with E-state index in [1.54, 1.807) is 6.08 Å². The van der Waals surface area contributed by atoms with Crippen molar-refractivity contribution >= 4 is 5.97 Å². The molecule has 0 saturated heterocycles.